The van der Waals surface area contributed by atoms with Gasteiger partial charge in [-0.15, -0.1) is 0 Å². The first-order valence-corrected chi connectivity index (χ1v) is 23.3. The van der Waals surface area contributed by atoms with Gasteiger partial charge in [-0.3, -0.25) is 14.4 Å². The molecule has 0 fully saturated rings. The Morgan fingerprint density at radius 3 is 1.05 bits per heavy atom. The highest BCUT2D eigenvalue weighted by Gasteiger charge is 2.19. The quantitative estimate of drug-likeness (QED) is 0.0266. The number of allylic oxidation sites excluding steroid dienone is 16. The molecule has 328 valence electrons. The minimum absolute atomic E-state index is 0.106. The predicted octanol–water partition coefficient (Wildman–Crippen LogP) is 15.0. The molecule has 1 atom stereocenters. The van der Waals surface area contributed by atoms with E-state index in [9.17, 15) is 14.4 Å². The molecular formula is C52H84O6. The van der Waals surface area contributed by atoms with Crippen molar-refractivity contribution in [1.29, 1.82) is 0 Å². The number of esters is 3. The summed E-state index contributed by atoms with van der Waals surface area (Å²) in [6.45, 7) is 6.27. The summed E-state index contributed by atoms with van der Waals surface area (Å²) in [6.07, 6.45) is 59.6. The molecule has 0 bridgehead atoms. The first-order chi connectivity index (χ1) is 28.5. The van der Waals surface area contributed by atoms with Gasteiger partial charge in [-0.25, -0.2) is 0 Å². The van der Waals surface area contributed by atoms with E-state index in [-0.39, 0.29) is 37.5 Å². The smallest absolute Gasteiger partial charge is 0.306 e. The summed E-state index contributed by atoms with van der Waals surface area (Å²) in [7, 11) is 0. The summed E-state index contributed by atoms with van der Waals surface area (Å²) in [5.74, 6) is -0.994. The van der Waals surface area contributed by atoms with Crippen LogP contribution in [0.4, 0.5) is 0 Å². The largest absolute Gasteiger partial charge is 0.462 e. The van der Waals surface area contributed by atoms with Crippen LogP contribution in [-0.2, 0) is 28.6 Å². The normalized spacial score (nSPS) is 12.9. The van der Waals surface area contributed by atoms with Crippen molar-refractivity contribution < 1.29 is 28.6 Å². The van der Waals surface area contributed by atoms with E-state index in [0.29, 0.717) is 19.3 Å². The lowest BCUT2D eigenvalue weighted by Gasteiger charge is -2.18. The van der Waals surface area contributed by atoms with Crippen LogP contribution in [0.5, 0.6) is 0 Å². The fourth-order valence-corrected chi connectivity index (χ4v) is 6.05. The standard InChI is InChI=1S/C52H84O6/c1-4-7-10-13-16-19-22-25-28-30-33-36-39-42-45-51(54)57-48-49(58-52(55)46-43-40-37-34-31-27-24-21-18-15-12-9-6-3)47-56-50(53)44-41-38-35-32-29-26-23-20-17-14-11-8-5-2/h8-9,11-12,14-15,17-18,20-21,23-24,26-27,29,31,49H,4-7,10,13,16,19,22,25,28,30,32-48H2,1-3H3/b11-8+,12-9+,17-14+,18-15+,23-20+,24-21+,29-26+,31-27+. The molecule has 0 aromatic carbocycles. The molecule has 0 aliphatic heterocycles. The van der Waals surface area contributed by atoms with Crippen molar-refractivity contribution in [3.63, 3.8) is 0 Å². The lowest BCUT2D eigenvalue weighted by molar-refractivity contribution is -0.167. The van der Waals surface area contributed by atoms with Gasteiger partial charge in [-0.1, -0.05) is 214 Å². The lowest BCUT2D eigenvalue weighted by Crippen LogP contribution is -2.30. The molecule has 0 aromatic rings. The van der Waals surface area contributed by atoms with E-state index in [0.717, 1.165) is 77.0 Å². The summed E-state index contributed by atoms with van der Waals surface area (Å²) < 4.78 is 16.7. The van der Waals surface area contributed by atoms with Gasteiger partial charge in [0, 0.05) is 19.3 Å². The van der Waals surface area contributed by atoms with Gasteiger partial charge < -0.3 is 14.2 Å². The average molecular weight is 805 g/mol. The van der Waals surface area contributed by atoms with Crippen molar-refractivity contribution in [1.82, 2.24) is 0 Å². The van der Waals surface area contributed by atoms with Gasteiger partial charge in [-0.05, 0) is 57.8 Å². The Kier molecular flexibility index (Phi) is 43.1. The van der Waals surface area contributed by atoms with E-state index < -0.39 is 6.10 Å². The van der Waals surface area contributed by atoms with Crippen LogP contribution in [0.3, 0.4) is 0 Å². The topological polar surface area (TPSA) is 78.9 Å². The van der Waals surface area contributed by atoms with Crippen LogP contribution >= 0.6 is 0 Å². The summed E-state index contributed by atoms with van der Waals surface area (Å²) >= 11 is 0. The fraction of sp³-hybridized carbons (Fsp3) is 0.635. The molecule has 0 aromatic heterocycles. The second kappa shape index (κ2) is 46.0. The number of hydrogen-bond donors (Lipinski definition) is 0. The van der Waals surface area contributed by atoms with Crippen LogP contribution in [0.15, 0.2) is 97.2 Å². The first-order valence-electron chi connectivity index (χ1n) is 23.3. The number of carbonyl (C=O) groups excluding carboxylic acids is 3. The Morgan fingerprint density at radius 1 is 0.362 bits per heavy atom. The van der Waals surface area contributed by atoms with Crippen molar-refractivity contribution in [3.8, 4) is 0 Å². The van der Waals surface area contributed by atoms with Crippen molar-refractivity contribution in [2.24, 2.45) is 0 Å². The van der Waals surface area contributed by atoms with E-state index >= 15 is 0 Å². The summed E-state index contributed by atoms with van der Waals surface area (Å²) in [5.41, 5.74) is 0. The van der Waals surface area contributed by atoms with Crippen LogP contribution < -0.4 is 0 Å². The van der Waals surface area contributed by atoms with E-state index in [1.807, 2.05) is 72.9 Å². The number of unbranched alkanes of at least 4 members (excludes halogenated alkanes) is 19. The highest BCUT2D eigenvalue weighted by Crippen LogP contribution is 2.14. The molecule has 0 radical (unpaired) electrons. The zero-order valence-corrected chi connectivity index (χ0v) is 37.3. The van der Waals surface area contributed by atoms with E-state index in [2.05, 4.69) is 45.1 Å². The van der Waals surface area contributed by atoms with Crippen molar-refractivity contribution >= 4 is 17.9 Å². The van der Waals surface area contributed by atoms with E-state index in [4.69, 9.17) is 14.2 Å². The third kappa shape index (κ3) is 43.5. The van der Waals surface area contributed by atoms with Gasteiger partial charge in [0.2, 0.25) is 0 Å². The molecule has 1 unspecified atom stereocenters. The minimum Gasteiger partial charge on any atom is -0.462 e. The number of hydrogen-bond acceptors (Lipinski definition) is 6. The summed E-state index contributed by atoms with van der Waals surface area (Å²) in [5, 5.41) is 0. The molecule has 0 saturated carbocycles. The van der Waals surface area contributed by atoms with Crippen molar-refractivity contribution in [3.05, 3.63) is 97.2 Å². The molecule has 6 heteroatoms. The SMILES string of the molecule is CC/C=C/C=C/C=C/C=C/CCCCCC(=O)OCC(COC(=O)CCCCCCCCCCCCCCCC)OC(=O)CCCCC/C=C/C=C/C=C/C=C/CC. The van der Waals surface area contributed by atoms with Crippen molar-refractivity contribution in [2.75, 3.05) is 13.2 Å². The average Bonchev–Trinajstić information content (AvgIpc) is 3.22. The maximum atomic E-state index is 12.7. The number of rotatable bonds is 40. The monoisotopic (exact) mass is 805 g/mol. The third-order valence-electron chi connectivity index (χ3n) is 9.52. The highest BCUT2D eigenvalue weighted by molar-refractivity contribution is 5.71. The molecule has 6 nitrogen and oxygen atoms in total. The molecule has 0 spiro atoms. The van der Waals surface area contributed by atoms with Gasteiger partial charge in [0.15, 0.2) is 6.10 Å². The van der Waals surface area contributed by atoms with E-state index in [1.165, 1.54) is 70.6 Å². The molecule has 0 aliphatic rings. The van der Waals surface area contributed by atoms with Gasteiger partial charge >= 0.3 is 17.9 Å². The zero-order chi connectivity index (χ0) is 42.3. The second-order valence-corrected chi connectivity index (χ2v) is 15.1. The lowest BCUT2D eigenvalue weighted by atomic mass is 10.0. The van der Waals surface area contributed by atoms with Crippen molar-refractivity contribution in [2.45, 2.75) is 200 Å². The second-order valence-electron chi connectivity index (χ2n) is 15.1. The van der Waals surface area contributed by atoms with Crippen LogP contribution in [-0.4, -0.2) is 37.2 Å². The van der Waals surface area contributed by atoms with Gasteiger partial charge in [0.1, 0.15) is 13.2 Å². The molecule has 0 heterocycles. The van der Waals surface area contributed by atoms with Gasteiger partial charge in [-0.2, -0.15) is 0 Å². The molecule has 0 rings (SSSR count). The summed E-state index contributed by atoms with van der Waals surface area (Å²) in [4.78, 5) is 37.8. The summed E-state index contributed by atoms with van der Waals surface area (Å²) in [6, 6.07) is 0. The Morgan fingerprint density at radius 2 is 0.672 bits per heavy atom. The van der Waals surface area contributed by atoms with E-state index in [1.54, 1.807) is 0 Å². The van der Waals surface area contributed by atoms with Crippen LogP contribution in [0.2, 0.25) is 0 Å². The predicted molar refractivity (Wildman–Crippen MR) is 247 cm³/mol. The third-order valence-corrected chi connectivity index (χ3v) is 9.52. The Bertz CT molecular complexity index is 1200. The number of ether oxygens (including phenoxy) is 3. The molecule has 0 saturated heterocycles. The molecule has 0 aliphatic carbocycles. The minimum atomic E-state index is -0.811. The maximum Gasteiger partial charge on any atom is 0.306 e. The first kappa shape index (κ1) is 54.3. The Hall–Kier alpha value is -3.67. The van der Waals surface area contributed by atoms with Crippen LogP contribution in [0.25, 0.3) is 0 Å². The van der Waals surface area contributed by atoms with Crippen LogP contribution in [0.1, 0.15) is 194 Å². The van der Waals surface area contributed by atoms with Gasteiger partial charge in [0.05, 0.1) is 0 Å². The molecule has 58 heavy (non-hydrogen) atoms. The highest BCUT2D eigenvalue weighted by atomic mass is 16.6. The fourth-order valence-electron chi connectivity index (χ4n) is 6.05. The Labute approximate surface area is 356 Å². The zero-order valence-electron chi connectivity index (χ0n) is 37.3. The molecular weight excluding hydrogens is 721 g/mol. The maximum absolute atomic E-state index is 12.7. The van der Waals surface area contributed by atoms with Gasteiger partial charge in [0.25, 0.3) is 0 Å². The molecule has 0 N–H and O–H groups in total. The Balaban J connectivity index is 4.51. The molecule has 0 amide bonds. The van der Waals surface area contributed by atoms with Crippen LogP contribution in [0, 0.1) is 0 Å². The number of carbonyl (C=O) groups is 3.